The molecule has 8 nitrogen and oxygen atoms in total. The first-order valence-corrected chi connectivity index (χ1v) is 6.02. The average Bonchev–Trinajstić information content (AvgIpc) is 2.91. The normalized spacial score (nSPS) is 10.2. The van der Waals surface area contributed by atoms with Crippen LogP contribution < -0.4 is 5.32 Å². The first-order valence-electron chi connectivity index (χ1n) is 5.64. The molecule has 0 aliphatic rings. The SMILES string of the molecule is O=C(NCCn1ccnn1)c1ccc([N+](=O)[O-])cc1Cl. The van der Waals surface area contributed by atoms with Gasteiger partial charge in [-0.1, -0.05) is 16.8 Å². The van der Waals surface area contributed by atoms with Crippen molar-refractivity contribution in [3.8, 4) is 0 Å². The van der Waals surface area contributed by atoms with Gasteiger partial charge in [0.15, 0.2) is 0 Å². The number of hydrogen-bond acceptors (Lipinski definition) is 5. The molecule has 1 N–H and O–H groups in total. The number of nitro groups is 1. The fourth-order valence-electron chi connectivity index (χ4n) is 1.53. The lowest BCUT2D eigenvalue weighted by molar-refractivity contribution is -0.384. The monoisotopic (exact) mass is 295 g/mol. The predicted octanol–water partition coefficient (Wildman–Crippen LogP) is 1.27. The Kier molecular flexibility index (Phi) is 4.26. The second-order valence-electron chi connectivity index (χ2n) is 3.84. The van der Waals surface area contributed by atoms with Crippen LogP contribution in [0.4, 0.5) is 5.69 Å². The van der Waals surface area contributed by atoms with Crippen LogP contribution in [0.5, 0.6) is 0 Å². The van der Waals surface area contributed by atoms with E-state index in [1.165, 1.54) is 18.3 Å². The maximum absolute atomic E-state index is 11.9. The van der Waals surface area contributed by atoms with Crippen molar-refractivity contribution < 1.29 is 9.72 Å². The molecule has 0 fully saturated rings. The highest BCUT2D eigenvalue weighted by Gasteiger charge is 2.14. The number of nitrogens with one attached hydrogen (secondary N) is 1. The molecule has 0 saturated carbocycles. The first-order chi connectivity index (χ1) is 9.58. The molecule has 1 aromatic heterocycles. The molecule has 0 radical (unpaired) electrons. The zero-order chi connectivity index (χ0) is 14.5. The van der Waals surface area contributed by atoms with Gasteiger partial charge in [-0.2, -0.15) is 0 Å². The molecule has 0 aliphatic carbocycles. The van der Waals surface area contributed by atoms with Gasteiger partial charge in [-0.15, -0.1) is 5.10 Å². The fraction of sp³-hybridized carbons (Fsp3) is 0.182. The number of non-ortho nitro benzene ring substituents is 1. The van der Waals surface area contributed by atoms with Gasteiger partial charge < -0.3 is 5.32 Å². The number of carbonyl (C=O) groups is 1. The third kappa shape index (κ3) is 3.29. The number of hydrogen-bond donors (Lipinski definition) is 1. The van der Waals surface area contributed by atoms with Crippen LogP contribution in [0.3, 0.4) is 0 Å². The highest BCUT2D eigenvalue weighted by atomic mass is 35.5. The van der Waals surface area contributed by atoms with E-state index in [0.29, 0.717) is 13.1 Å². The third-order valence-corrected chi connectivity index (χ3v) is 2.82. The molecule has 1 aromatic carbocycles. The number of halogens is 1. The summed E-state index contributed by atoms with van der Waals surface area (Å²) >= 11 is 5.85. The van der Waals surface area contributed by atoms with Crippen molar-refractivity contribution in [3.63, 3.8) is 0 Å². The van der Waals surface area contributed by atoms with Crippen LogP contribution in [-0.2, 0) is 6.54 Å². The van der Waals surface area contributed by atoms with Gasteiger partial charge in [0.25, 0.3) is 11.6 Å². The molecule has 0 unspecified atom stereocenters. The van der Waals surface area contributed by atoms with E-state index >= 15 is 0 Å². The molecule has 0 bridgehead atoms. The molecule has 1 amide bonds. The molecule has 0 spiro atoms. The second kappa shape index (κ2) is 6.11. The Bertz CT molecular complexity index is 629. The molecule has 0 atom stereocenters. The van der Waals surface area contributed by atoms with Crippen LogP contribution in [-0.4, -0.2) is 32.4 Å². The lowest BCUT2D eigenvalue weighted by Gasteiger charge is -2.06. The second-order valence-corrected chi connectivity index (χ2v) is 4.25. The number of benzene rings is 1. The third-order valence-electron chi connectivity index (χ3n) is 2.51. The summed E-state index contributed by atoms with van der Waals surface area (Å²) in [6, 6.07) is 3.71. The Labute approximate surface area is 118 Å². The van der Waals surface area contributed by atoms with Gasteiger partial charge in [-0.25, -0.2) is 0 Å². The van der Waals surface area contributed by atoms with Gasteiger partial charge in [0.2, 0.25) is 0 Å². The summed E-state index contributed by atoms with van der Waals surface area (Å²) in [5.41, 5.74) is 0.0324. The highest BCUT2D eigenvalue weighted by Crippen LogP contribution is 2.22. The van der Waals surface area contributed by atoms with E-state index in [-0.39, 0.29) is 16.3 Å². The largest absolute Gasteiger partial charge is 0.350 e. The molecule has 20 heavy (non-hydrogen) atoms. The van der Waals surface area contributed by atoms with Crippen LogP contribution in [0.1, 0.15) is 10.4 Å². The molecule has 2 aromatic rings. The Balaban J connectivity index is 1.97. The summed E-state index contributed by atoms with van der Waals surface area (Å²) in [6.07, 6.45) is 3.21. The van der Waals surface area contributed by atoms with Crippen molar-refractivity contribution >= 4 is 23.2 Å². The topological polar surface area (TPSA) is 103 Å². The van der Waals surface area contributed by atoms with Gasteiger partial charge in [0.05, 0.1) is 28.3 Å². The maximum atomic E-state index is 11.9. The van der Waals surface area contributed by atoms with Gasteiger partial charge in [-0.3, -0.25) is 19.6 Å². The molecule has 9 heteroatoms. The number of carbonyl (C=O) groups excluding carboxylic acids is 1. The van der Waals surface area contributed by atoms with Gasteiger partial charge >= 0.3 is 0 Å². The van der Waals surface area contributed by atoms with Crippen LogP contribution in [0.15, 0.2) is 30.6 Å². The number of nitrogens with zero attached hydrogens (tertiary/aromatic N) is 4. The van der Waals surface area contributed by atoms with Gasteiger partial charge in [0, 0.05) is 24.9 Å². The van der Waals surface area contributed by atoms with E-state index < -0.39 is 10.8 Å². The van der Waals surface area contributed by atoms with Crippen LogP contribution in [0.25, 0.3) is 0 Å². The Morgan fingerprint density at radius 3 is 2.90 bits per heavy atom. The van der Waals surface area contributed by atoms with E-state index in [4.69, 9.17) is 11.6 Å². The van der Waals surface area contributed by atoms with Crippen molar-refractivity contribution in [2.75, 3.05) is 6.54 Å². The number of aromatic nitrogens is 3. The maximum Gasteiger partial charge on any atom is 0.270 e. The van der Waals surface area contributed by atoms with Crippen LogP contribution >= 0.6 is 11.6 Å². The summed E-state index contributed by atoms with van der Waals surface area (Å²) in [4.78, 5) is 21.9. The van der Waals surface area contributed by atoms with Crippen molar-refractivity contribution in [2.24, 2.45) is 0 Å². The molecule has 0 saturated heterocycles. The lowest BCUT2D eigenvalue weighted by Crippen LogP contribution is -2.27. The molecular formula is C11H10ClN5O3. The number of nitro benzene ring substituents is 1. The molecule has 104 valence electrons. The zero-order valence-corrected chi connectivity index (χ0v) is 10.9. The first kappa shape index (κ1) is 13.9. The van der Waals surface area contributed by atoms with E-state index in [9.17, 15) is 14.9 Å². The highest BCUT2D eigenvalue weighted by molar-refractivity contribution is 6.34. The summed E-state index contributed by atoms with van der Waals surface area (Å²) in [5, 5.41) is 20.6. The van der Waals surface area contributed by atoms with E-state index in [2.05, 4.69) is 15.6 Å². The van der Waals surface area contributed by atoms with Crippen molar-refractivity contribution in [2.45, 2.75) is 6.54 Å². The zero-order valence-electron chi connectivity index (χ0n) is 10.2. The van der Waals surface area contributed by atoms with Gasteiger partial charge in [-0.05, 0) is 6.07 Å². The molecule has 0 aliphatic heterocycles. The Morgan fingerprint density at radius 2 is 2.30 bits per heavy atom. The van der Waals surface area contributed by atoms with Gasteiger partial charge in [0.1, 0.15) is 0 Å². The minimum absolute atomic E-state index is 0.0393. The Morgan fingerprint density at radius 1 is 1.50 bits per heavy atom. The molecular weight excluding hydrogens is 286 g/mol. The lowest BCUT2D eigenvalue weighted by atomic mass is 10.2. The average molecular weight is 296 g/mol. The van der Waals surface area contributed by atoms with Crippen LogP contribution in [0, 0.1) is 10.1 Å². The van der Waals surface area contributed by atoms with E-state index in [1.54, 1.807) is 10.9 Å². The molecule has 1 heterocycles. The van der Waals surface area contributed by atoms with Crippen LogP contribution in [0.2, 0.25) is 5.02 Å². The quantitative estimate of drug-likeness (QED) is 0.661. The predicted molar refractivity (Wildman–Crippen MR) is 70.5 cm³/mol. The van der Waals surface area contributed by atoms with E-state index in [1.807, 2.05) is 0 Å². The summed E-state index contributed by atoms with van der Waals surface area (Å²) < 4.78 is 1.57. The van der Waals surface area contributed by atoms with E-state index in [0.717, 1.165) is 6.07 Å². The number of rotatable bonds is 5. The summed E-state index contributed by atoms with van der Waals surface area (Å²) in [5.74, 6) is -0.398. The van der Waals surface area contributed by atoms with Crippen molar-refractivity contribution in [3.05, 3.63) is 51.3 Å². The fourth-order valence-corrected chi connectivity index (χ4v) is 1.79. The smallest absolute Gasteiger partial charge is 0.270 e. The Hall–Kier alpha value is -2.48. The number of amides is 1. The van der Waals surface area contributed by atoms with Crippen molar-refractivity contribution in [1.29, 1.82) is 0 Å². The standard InChI is InChI=1S/C11H10ClN5O3/c12-10-7-8(17(19)20)1-2-9(10)11(18)13-3-5-16-6-4-14-15-16/h1-2,4,6-7H,3,5H2,(H,13,18). The summed E-state index contributed by atoms with van der Waals surface area (Å²) in [7, 11) is 0. The summed E-state index contributed by atoms with van der Waals surface area (Å²) in [6.45, 7) is 0.811. The molecule has 2 rings (SSSR count). The van der Waals surface area contributed by atoms with Crippen molar-refractivity contribution in [1.82, 2.24) is 20.3 Å². The minimum Gasteiger partial charge on any atom is -0.350 e. The minimum atomic E-state index is -0.571.